The Hall–Kier alpha value is -1.40. The molecule has 0 saturated carbocycles. The fraction of sp³-hybridized carbons (Fsp3) is 0.562. The van der Waals surface area contributed by atoms with Crippen LogP contribution in [-0.2, 0) is 9.84 Å². The number of carbonyl (C=O) groups is 1. The van der Waals surface area contributed by atoms with Gasteiger partial charge in [0.15, 0.2) is 9.84 Å². The summed E-state index contributed by atoms with van der Waals surface area (Å²) in [5, 5.41) is 0. The van der Waals surface area contributed by atoms with Crippen LogP contribution >= 0.6 is 0 Å². The van der Waals surface area contributed by atoms with Crippen LogP contribution in [0.3, 0.4) is 0 Å². The summed E-state index contributed by atoms with van der Waals surface area (Å²) in [6.07, 6.45) is 1.84. The highest BCUT2D eigenvalue weighted by molar-refractivity contribution is 7.91. The number of sulfone groups is 1. The molecule has 1 amide bonds. The molecule has 1 fully saturated rings. The van der Waals surface area contributed by atoms with E-state index in [-0.39, 0.29) is 22.6 Å². The Morgan fingerprint density at radius 2 is 1.82 bits per heavy atom. The second-order valence-corrected chi connectivity index (χ2v) is 8.19. The minimum Gasteiger partial charge on any atom is -0.339 e. The van der Waals surface area contributed by atoms with Crippen molar-refractivity contribution < 1.29 is 13.2 Å². The van der Waals surface area contributed by atoms with Crippen LogP contribution in [-0.4, -0.2) is 44.1 Å². The first-order valence-electron chi connectivity index (χ1n) is 7.73. The number of carbonyl (C=O) groups excluding carboxylic acids is 1. The lowest BCUT2D eigenvalue weighted by Gasteiger charge is -2.33. The van der Waals surface area contributed by atoms with E-state index >= 15 is 0 Å². The van der Waals surface area contributed by atoms with Crippen molar-refractivity contribution in [2.24, 2.45) is 11.7 Å². The van der Waals surface area contributed by atoms with E-state index in [4.69, 9.17) is 5.73 Å². The summed E-state index contributed by atoms with van der Waals surface area (Å²) in [5.41, 5.74) is 6.45. The van der Waals surface area contributed by atoms with Crippen molar-refractivity contribution in [1.82, 2.24) is 4.90 Å². The number of rotatable bonds is 4. The molecule has 1 aromatic carbocycles. The van der Waals surface area contributed by atoms with Gasteiger partial charge >= 0.3 is 0 Å². The second-order valence-electron chi connectivity index (χ2n) is 5.92. The largest absolute Gasteiger partial charge is 0.339 e. The Morgan fingerprint density at radius 1 is 1.27 bits per heavy atom. The molecule has 0 aromatic heterocycles. The number of nitrogens with zero attached hydrogens (tertiary/aromatic N) is 1. The van der Waals surface area contributed by atoms with Gasteiger partial charge < -0.3 is 10.6 Å². The molecule has 0 bridgehead atoms. The summed E-state index contributed by atoms with van der Waals surface area (Å²) >= 11 is 0. The highest BCUT2D eigenvalue weighted by Gasteiger charge is 2.25. The SMILES string of the molecule is CCS(=O)(=O)c1ccc(C(=O)N2CCC(C(C)N)CC2)cc1. The van der Waals surface area contributed by atoms with Crippen molar-refractivity contribution in [3.8, 4) is 0 Å². The number of piperidine rings is 1. The first-order valence-corrected chi connectivity index (χ1v) is 9.38. The molecule has 6 heteroatoms. The van der Waals surface area contributed by atoms with Gasteiger partial charge in [-0.05, 0) is 49.9 Å². The standard InChI is InChI=1S/C16H24N2O3S/c1-3-22(20,21)15-6-4-14(5-7-15)16(19)18-10-8-13(9-11-18)12(2)17/h4-7,12-13H,3,8-11,17H2,1-2H3. The first kappa shape index (κ1) is 17.0. The van der Waals surface area contributed by atoms with Crippen molar-refractivity contribution >= 4 is 15.7 Å². The van der Waals surface area contributed by atoms with E-state index < -0.39 is 9.84 Å². The maximum absolute atomic E-state index is 12.5. The van der Waals surface area contributed by atoms with Crippen LogP contribution in [0.4, 0.5) is 0 Å². The minimum absolute atomic E-state index is 0.0384. The van der Waals surface area contributed by atoms with Crippen molar-refractivity contribution in [2.45, 2.75) is 37.6 Å². The third-order valence-corrected chi connectivity index (χ3v) is 6.16. The van der Waals surface area contributed by atoms with Crippen molar-refractivity contribution in [2.75, 3.05) is 18.8 Å². The molecule has 1 aromatic rings. The van der Waals surface area contributed by atoms with Crippen LogP contribution in [0.5, 0.6) is 0 Å². The molecule has 1 atom stereocenters. The Kier molecular flexibility index (Phi) is 5.24. The van der Waals surface area contributed by atoms with E-state index in [0.29, 0.717) is 24.6 Å². The average Bonchev–Trinajstić information content (AvgIpc) is 2.54. The van der Waals surface area contributed by atoms with Crippen LogP contribution in [0.1, 0.15) is 37.0 Å². The Morgan fingerprint density at radius 3 is 2.27 bits per heavy atom. The lowest BCUT2D eigenvalue weighted by Crippen LogP contribution is -2.42. The van der Waals surface area contributed by atoms with Gasteiger partial charge in [0.2, 0.25) is 0 Å². The van der Waals surface area contributed by atoms with Crippen molar-refractivity contribution in [3.05, 3.63) is 29.8 Å². The predicted octanol–water partition coefficient (Wildman–Crippen LogP) is 1.68. The lowest BCUT2D eigenvalue weighted by atomic mass is 9.90. The summed E-state index contributed by atoms with van der Waals surface area (Å²) in [6, 6.07) is 6.39. The molecule has 2 N–H and O–H groups in total. The van der Waals surface area contributed by atoms with Crippen LogP contribution in [0.2, 0.25) is 0 Å². The molecule has 5 nitrogen and oxygen atoms in total. The zero-order valence-corrected chi connectivity index (χ0v) is 14.0. The van der Waals surface area contributed by atoms with Gasteiger partial charge in [0, 0.05) is 24.7 Å². The second kappa shape index (κ2) is 6.79. The van der Waals surface area contributed by atoms with Crippen LogP contribution in [0.15, 0.2) is 29.2 Å². The quantitative estimate of drug-likeness (QED) is 0.914. The zero-order valence-electron chi connectivity index (χ0n) is 13.2. The van der Waals surface area contributed by atoms with Crippen molar-refractivity contribution in [3.63, 3.8) is 0 Å². The highest BCUT2D eigenvalue weighted by atomic mass is 32.2. The first-order chi connectivity index (χ1) is 10.3. The van der Waals surface area contributed by atoms with E-state index in [1.165, 1.54) is 12.1 Å². The fourth-order valence-corrected chi connectivity index (χ4v) is 3.67. The van der Waals surface area contributed by atoms with E-state index in [2.05, 4.69) is 0 Å². The number of nitrogens with two attached hydrogens (primary N) is 1. The van der Waals surface area contributed by atoms with E-state index in [9.17, 15) is 13.2 Å². The summed E-state index contributed by atoms with van der Waals surface area (Å²) in [4.78, 5) is 14.5. The summed E-state index contributed by atoms with van der Waals surface area (Å²) < 4.78 is 23.6. The molecular weight excluding hydrogens is 300 g/mol. The summed E-state index contributed by atoms with van der Waals surface area (Å²) in [5.74, 6) is 0.495. The lowest BCUT2D eigenvalue weighted by molar-refractivity contribution is 0.0681. The maximum Gasteiger partial charge on any atom is 0.253 e. The predicted molar refractivity (Wildman–Crippen MR) is 86.4 cm³/mol. The highest BCUT2D eigenvalue weighted by Crippen LogP contribution is 2.21. The molecule has 22 heavy (non-hydrogen) atoms. The van der Waals surface area contributed by atoms with E-state index in [1.54, 1.807) is 19.1 Å². The normalized spacial score (nSPS) is 18.2. The third kappa shape index (κ3) is 3.67. The van der Waals surface area contributed by atoms with Gasteiger partial charge in [-0.2, -0.15) is 0 Å². The number of benzene rings is 1. The maximum atomic E-state index is 12.5. The van der Waals surface area contributed by atoms with E-state index in [1.807, 2.05) is 11.8 Å². The van der Waals surface area contributed by atoms with Gasteiger partial charge in [0.05, 0.1) is 10.6 Å². The average molecular weight is 324 g/mol. The van der Waals surface area contributed by atoms with E-state index in [0.717, 1.165) is 12.8 Å². The fourth-order valence-electron chi connectivity index (χ4n) is 2.78. The number of hydrogen-bond donors (Lipinski definition) is 1. The van der Waals surface area contributed by atoms with Crippen LogP contribution < -0.4 is 5.73 Å². The molecule has 1 unspecified atom stereocenters. The Balaban J connectivity index is 2.05. The number of likely N-dealkylation sites (tertiary alicyclic amines) is 1. The van der Waals surface area contributed by atoms with Gasteiger partial charge in [-0.25, -0.2) is 8.42 Å². The molecule has 122 valence electrons. The molecule has 0 aliphatic carbocycles. The molecule has 2 rings (SSSR count). The Labute approximate surface area is 132 Å². The minimum atomic E-state index is -3.22. The third-order valence-electron chi connectivity index (χ3n) is 4.41. The van der Waals surface area contributed by atoms with Gasteiger partial charge in [0.1, 0.15) is 0 Å². The zero-order chi connectivity index (χ0) is 16.3. The molecule has 0 spiro atoms. The molecule has 1 saturated heterocycles. The summed E-state index contributed by atoms with van der Waals surface area (Å²) in [7, 11) is -3.22. The molecular formula is C16H24N2O3S. The monoisotopic (exact) mass is 324 g/mol. The van der Waals surface area contributed by atoms with Gasteiger partial charge in [-0.15, -0.1) is 0 Å². The smallest absolute Gasteiger partial charge is 0.253 e. The molecule has 1 aliphatic heterocycles. The van der Waals surface area contributed by atoms with Crippen LogP contribution in [0.25, 0.3) is 0 Å². The Bertz CT molecular complexity index is 615. The van der Waals surface area contributed by atoms with Gasteiger partial charge in [-0.1, -0.05) is 6.92 Å². The number of hydrogen-bond acceptors (Lipinski definition) is 4. The molecule has 1 heterocycles. The van der Waals surface area contributed by atoms with Crippen LogP contribution in [0, 0.1) is 5.92 Å². The topological polar surface area (TPSA) is 80.5 Å². The molecule has 0 radical (unpaired) electrons. The summed E-state index contributed by atoms with van der Waals surface area (Å²) in [6.45, 7) is 5.03. The van der Waals surface area contributed by atoms with Crippen molar-refractivity contribution in [1.29, 1.82) is 0 Å². The van der Waals surface area contributed by atoms with Gasteiger partial charge in [-0.3, -0.25) is 4.79 Å². The van der Waals surface area contributed by atoms with Gasteiger partial charge in [0.25, 0.3) is 5.91 Å². The number of amides is 1. The molecule has 1 aliphatic rings.